The van der Waals surface area contributed by atoms with Gasteiger partial charge in [-0.1, -0.05) is 74.5 Å². The normalized spacial score (nSPS) is 14.6. The van der Waals surface area contributed by atoms with E-state index in [1.54, 1.807) is 0 Å². The minimum atomic E-state index is -0.483. The van der Waals surface area contributed by atoms with E-state index in [2.05, 4.69) is 171 Å². The van der Waals surface area contributed by atoms with E-state index < -0.39 is 5.41 Å². The van der Waals surface area contributed by atoms with E-state index in [0.29, 0.717) is 0 Å². The first-order valence-electron chi connectivity index (χ1n) is 16.0. The quantitative estimate of drug-likeness (QED) is 0.138. The number of benzene rings is 4. The second-order valence-corrected chi connectivity index (χ2v) is 13.6. The zero-order valence-corrected chi connectivity index (χ0v) is 27.8. The van der Waals surface area contributed by atoms with E-state index in [-0.39, 0.29) is 21.9 Å². The SMILES string of the molecule is CC1(C)c2cn(-c3ccccc3)c(n2)-c2[cH-]c(c3ccccc23)C(C)(C)c2[cH-]c(c3ccccc23)-c2nc1cn2-c1ccccc1.[Ni+2]. The summed E-state index contributed by atoms with van der Waals surface area (Å²) in [6.07, 6.45) is 4.43. The van der Waals surface area contributed by atoms with Crippen LogP contribution in [0, 0.1) is 0 Å². The van der Waals surface area contributed by atoms with Crippen molar-refractivity contribution in [2.45, 2.75) is 38.5 Å². The van der Waals surface area contributed by atoms with Crippen LogP contribution in [0.15, 0.2) is 134 Å². The van der Waals surface area contributed by atoms with Crippen LogP contribution in [0.4, 0.5) is 0 Å². The monoisotopic (exact) mass is 652 g/mol. The minimum Gasteiger partial charge on any atom is -0.340 e. The molecule has 0 atom stereocenters. The third kappa shape index (κ3) is 4.26. The third-order valence-electron chi connectivity index (χ3n) is 10.2. The predicted molar refractivity (Wildman–Crippen MR) is 188 cm³/mol. The second kappa shape index (κ2) is 10.5. The molecule has 0 fully saturated rings. The van der Waals surface area contributed by atoms with Crippen LogP contribution in [-0.2, 0) is 27.3 Å². The fraction of sp³-hybridized carbons (Fsp3) is 0.143. The summed E-state index contributed by atoms with van der Waals surface area (Å²) in [4.78, 5) is 11.0. The van der Waals surface area contributed by atoms with Gasteiger partial charge in [0.05, 0.1) is 28.5 Å². The van der Waals surface area contributed by atoms with Gasteiger partial charge < -0.3 is 9.13 Å². The molecule has 0 N–H and O–H groups in total. The Morgan fingerprint density at radius 3 is 1.23 bits per heavy atom. The Bertz CT molecular complexity index is 2250. The second-order valence-electron chi connectivity index (χ2n) is 13.6. The largest absolute Gasteiger partial charge is 2.00 e. The Balaban J connectivity index is 0.00000324. The molecule has 232 valence electrons. The summed E-state index contributed by atoms with van der Waals surface area (Å²) < 4.78 is 4.53. The minimum absolute atomic E-state index is 0. The Kier molecular flexibility index (Phi) is 6.58. The van der Waals surface area contributed by atoms with Crippen molar-refractivity contribution in [3.63, 3.8) is 0 Å². The average Bonchev–Trinajstić information content (AvgIpc) is 3.87. The molecule has 8 aromatic rings. The van der Waals surface area contributed by atoms with Crippen molar-refractivity contribution < 1.29 is 16.5 Å². The maximum Gasteiger partial charge on any atom is 2.00 e. The molecule has 1 aliphatic heterocycles. The molecular weight excluding hydrogens is 619 g/mol. The molecule has 5 heteroatoms. The summed E-state index contributed by atoms with van der Waals surface area (Å²) in [6, 6.07) is 43.6. The molecule has 4 nitrogen and oxygen atoms in total. The van der Waals surface area contributed by atoms with Crippen LogP contribution in [0.2, 0.25) is 0 Å². The maximum atomic E-state index is 5.49. The summed E-state index contributed by atoms with van der Waals surface area (Å²) in [5.41, 5.74) is 8.23. The zero-order valence-electron chi connectivity index (χ0n) is 26.8. The summed E-state index contributed by atoms with van der Waals surface area (Å²) in [7, 11) is 0. The fourth-order valence-corrected chi connectivity index (χ4v) is 7.50. The summed E-state index contributed by atoms with van der Waals surface area (Å²) >= 11 is 0. The van der Waals surface area contributed by atoms with Gasteiger partial charge in [0, 0.05) is 23.8 Å². The molecule has 3 heterocycles. The Morgan fingerprint density at radius 2 is 0.830 bits per heavy atom. The number of rotatable bonds is 2. The van der Waals surface area contributed by atoms with E-state index in [1.807, 2.05) is 0 Å². The number of hydrogen-bond acceptors (Lipinski definition) is 2. The first-order valence-corrected chi connectivity index (χ1v) is 16.0. The molecule has 9 rings (SSSR count). The molecule has 8 bridgehead atoms. The molecule has 47 heavy (non-hydrogen) atoms. The molecule has 0 unspecified atom stereocenters. The first kappa shape index (κ1) is 29.4. The van der Waals surface area contributed by atoms with Gasteiger partial charge in [-0.05, 0) is 43.5 Å². The van der Waals surface area contributed by atoms with Crippen LogP contribution in [0.1, 0.15) is 50.2 Å². The molecule has 6 aromatic carbocycles. The Labute approximate surface area is 285 Å². The average molecular weight is 653 g/mol. The van der Waals surface area contributed by atoms with Crippen molar-refractivity contribution in [1.82, 2.24) is 19.1 Å². The summed E-state index contributed by atoms with van der Waals surface area (Å²) in [5.74, 6) is 1.89. The standard InChI is InChI=1S/C42H34N4.Ni/c1-41(2)35-23-33(29-19-11-13-21-31(29)35)39-43-37(25-45(39)27-15-7-5-8-16-27)42(3,4)38-26-46(28-17-9-6-10-18-28)40(44-38)34-24-36(41)32-22-14-12-20-30(32)34;/h5-26H,1-4H3;/q-2;+2. The molecule has 0 radical (unpaired) electrons. The fourth-order valence-electron chi connectivity index (χ4n) is 7.50. The van der Waals surface area contributed by atoms with E-state index >= 15 is 0 Å². The summed E-state index contributed by atoms with van der Waals surface area (Å²) in [6.45, 7) is 9.22. The van der Waals surface area contributed by atoms with Gasteiger partial charge in [0.1, 0.15) is 0 Å². The summed E-state index contributed by atoms with van der Waals surface area (Å²) in [5, 5.41) is 4.97. The molecule has 0 saturated carbocycles. The number of para-hydroxylation sites is 2. The van der Waals surface area contributed by atoms with Crippen LogP contribution in [0.5, 0.6) is 0 Å². The topological polar surface area (TPSA) is 35.6 Å². The number of fused-ring (bicyclic) bond motifs is 16. The molecule has 0 spiro atoms. The van der Waals surface area contributed by atoms with Crippen molar-refractivity contribution >= 4 is 21.5 Å². The number of nitrogens with zero attached hydrogens (tertiary/aromatic N) is 4. The zero-order chi connectivity index (χ0) is 31.2. The Morgan fingerprint density at radius 1 is 0.468 bits per heavy atom. The molecule has 0 amide bonds. The van der Waals surface area contributed by atoms with Gasteiger partial charge in [-0.2, -0.15) is 0 Å². The molecule has 1 aliphatic rings. The first-order chi connectivity index (χ1) is 22.3. The van der Waals surface area contributed by atoms with Crippen molar-refractivity contribution in [2.24, 2.45) is 0 Å². The number of hydrogen-bond donors (Lipinski definition) is 0. The predicted octanol–water partition coefficient (Wildman–Crippen LogP) is 10.1. The molecule has 0 aliphatic carbocycles. The Hall–Kier alpha value is -4.99. The van der Waals surface area contributed by atoms with Crippen molar-refractivity contribution in [3.8, 4) is 34.2 Å². The smallest absolute Gasteiger partial charge is 0.340 e. The molecule has 0 saturated heterocycles. The van der Waals surface area contributed by atoms with Gasteiger partial charge in [0.15, 0.2) is 0 Å². The van der Waals surface area contributed by atoms with Crippen LogP contribution in [0.3, 0.4) is 0 Å². The van der Waals surface area contributed by atoms with Crippen molar-refractivity contribution in [2.75, 3.05) is 0 Å². The van der Waals surface area contributed by atoms with E-state index in [9.17, 15) is 0 Å². The van der Waals surface area contributed by atoms with Crippen LogP contribution in [-0.4, -0.2) is 19.1 Å². The molecule has 2 aromatic heterocycles. The van der Waals surface area contributed by atoms with E-state index in [0.717, 1.165) is 45.5 Å². The maximum absolute atomic E-state index is 5.49. The van der Waals surface area contributed by atoms with Gasteiger partial charge in [-0.15, -0.1) is 80.2 Å². The number of aromatic nitrogens is 4. The van der Waals surface area contributed by atoms with Crippen LogP contribution < -0.4 is 0 Å². The van der Waals surface area contributed by atoms with Gasteiger partial charge in [0.25, 0.3) is 0 Å². The van der Waals surface area contributed by atoms with E-state index in [4.69, 9.17) is 9.97 Å². The van der Waals surface area contributed by atoms with Crippen LogP contribution in [0.25, 0.3) is 55.7 Å². The van der Waals surface area contributed by atoms with Gasteiger partial charge in [-0.3, -0.25) is 9.97 Å². The third-order valence-corrected chi connectivity index (χ3v) is 10.2. The molecular formula is C42H34N4Ni. The van der Waals surface area contributed by atoms with Gasteiger partial charge >= 0.3 is 16.5 Å². The van der Waals surface area contributed by atoms with Crippen LogP contribution >= 0.6 is 0 Å². The van der Waals surface area contributed by atoms with Crippen molar-refractivity contribution in [1.29, 1.82) is 0 Å². The van der Waals surface area contributed by atoms with Gasteiger partial charge in [0.2, 0.25) is 0 Å². The van der Waals surface area contributed by atoms with Crippen molar-refractivity contribution in [3.05, 3.63) is 156 Å². The number of imidazole rings is 2. The van der Waals surface area contributed by atoms with Gasteiger partial charge in [-0.25, -0.2) is 0 Å². The van der Waals surface area contributed by atoms with E-state index in [1.165, 1.54) is 32.7 Å².